The van der Waals surface area contributed by atoms with Crippen molar-refractivity contribution in [3.05, 3.63) is 26.6 Å². The van der Waals surface area contributed by atoms with Crippen LogP contribution in [0.1, 0.15) is 24.4 Å². The van der Waals surface area contributed by atoms with Crippen molar-refractivity contribution in [2.45, 2.75) is 25.1 Å². The van der Waals surface area contributed by atoms with E-state index in [0.29, 0.717) is 23.1 Å². The Labute approximate surface area is 144 Å². The Bertz CT molecular complexity index is 520. The van der Waals surface area contributed by atoms with E-state index < -0.39 is 18.6 Å². The fraction of sp³-hybridized carbons (Fsp3) is 0.571. The zero-order valence-electron chi connectivity index (χ0n) is 11.8. The van der Waals surface area contributed by atoms with Crippen molar-refractivity contribution in [3.8, 4) is 5.75 Å². The van der Waals surface area contributed by atoms with Gasteiger partial charge in [0, 0.05) is 48.7 Å². The average molecular weight is 446 g/mol. The third-order valence-corrected chi connectivity index (χ3v) is 4.77. The molecule has 1 aliphatic rings. The zero-order chi connectivity index (χ0) is 16.3. The van der Waals surface area contributed by atoms with Gasteiger partial charge in [-0.25, -0.2) is 0 Å². The van der Waals surface area contributed by atoms with E-state index in [1.807, 2.05) is 4.90 Å². The second-order valence-corrected chi connectivity index (χ2v) is 7.05. The number of aromatic hydroxyl groups is 1. The monoisotopic (exact) mass is 444 g/mol. The van der Waals surface area contributed by atoms with Gasteiger partial charge in [-0.2, -0.15) is 13.2 Å². The van der Waals surface area contributed by atoms with Crippen molar-refractivity contribution in [2.75, 3.05) is 26.2 Å². The normalized spacial score (nSPS) is 18.4. The van der Waals surface area contributed by atoms with Crippen molar-refractivity contribution in [1.82, 2.24) is 10.2 Å². The molecule has 1 fully saturated rings. The molecule has 8 heteroatoms. The van der Waals surface area contributed by atoms with E-state index in [-0.39, 0.29) is 12.2 Å². The molecule has 0 saturated carbocycles. The highest BCUT2D eigenvalue weighted by atomic mass is 79.9. The van der Waals surface area contributed by atoms with E-state index in [1.54, 1.807) is 12.1 Å². The average Bonchev–Trinajstić information content (AvgIpc) is 2.44. The summed E-state index contributed by atoms with van der Waals surface area (Å²) >= 11 is 6.58. The summed E-state index contributed by atoms with van der Waals surface area (Å²) in [5.41, 5.74) is 0.521. The molecule has 0 spiro atoms. The highest BCUT2D eigenvalue weighted by Gasteiger charge is 2.32. The molecule has 3 nitrogen and oxygen atoms in total. The quantitative estimate of drug-likeness (QED) is 0.728. The van der Waals surface area contributed by atoms with E-state index in [4.69, 9.17) is 0 Å². The topological polar surface area (TPSA) is 35.5 Å². The standard InChI is InChI=1S/C14H17Br2F3N2O/c15-9-7-10(13(22)11(16)8-9)12(1-2-14(17,18)19)21-5-3-20-4-6-21/h7-8,12,20,22H,1-6H2/t12-/m1/s1. The number of alkyl halides is 3. The summed E-state index contributed by atoms with van der Waals surface area (Å²) in [5.74, 6) is 0.00825. The Balaban J connectivity index is 2.30. The van der Waals surface area contributed by atoms with Gasteiger partial charge >= 0.3 is 6.18 Å². The maximum atomic E-state index is 12.6. The van der Waals surface area contributed by atoms with Gasteiger partial charge in [-0.1, -0.05) is 15.9 Å². The van der Waals surface area contributed by atoms with Crippen LogP contribution in [-0.2, 0) is 0 Å². The fourth-order valence-corrected chi connectivity index (χ4v) is 3.93. The van der Waals surface area contributed by atoms with Crippen molar-refractivity contribution in [1.29, 1.82) is 0 Å². The maximum absolute atomic E-state index is 12.6. The van der Waals surface area contributed by atoms with Crippen LogP contribution in [0.3, 0.4) is 0 Å². The molecular formula is C14H17Br2F3N2O. The SMILES string of the molecule is Oc1c(Br)cc(Br)cc1[C@@H](CCC(F)(F)F)N1CCNCC1. The molecule has 1 saturated heterocycles. The van der Waals surface area contributed by atoms with Gasteiger partial charge < -0.3 is 10.4 Å². The second kappa shape index (κ2) is 7.51. The third-order valence-electron chi connectivity index (χ3n) is 3.71. The molecule has 1 aliphatic heterocycles. The number of hydrogen-bond donors (Lipinski definition) is 2. The summed E-state index contributed by atoms with van der Waals surface area (Å²) in [6.07, 6.45) is -5.14. The molecule has 0 amide bonds. The molecule has 0 unspecified atom stereocenters. The Morgan fingerprint density at radius 1 is 1.23 bits per heavy atom. The van der Waals surface area contributed by atoms with Crippen molar-refractivity contribution >= 4 is 31.9 Å². The largest absolute Gasteiger partial charge is 0.506 e. The summed E-state index contributed by atoms with van der Waals surface area (Å²) in [5, 5.41) is 13.4. The Kier molecular flexibility index (Phi) is 6.15. The van der Waals surface area contributed by atoms with Crippen molar-refractivity contribution in [3.63, 3.8) is 0 Å². The first kappa shape index (κ1) is 18.0. The molecule has 124 valence electrons. The van der Waals surface area contributed by atoms with Crippen LogP contribution in [0, 0.1) is 0 Å². The van der Waals surface area contributed by atoms with E-state index in [9.17, 15) is 18.3 Å². The van der Waals surface area contributed by atoms with Crippen LogP contribution >= 0.6 is 31.9 Å². The highest BCUT2D eigenvalue weighted by Crippen LogP contribution is 2.40. The fourth-order valence-electron chi connectivity index (χ4n) is 2.67. The van der Waals surface area contributed by atoms with Gasteiger partial charge in [-0.3, -0.25) is 4.90 Å². The molecule has 2 N–H and O–H groups in total. The van der Waals surface area contributed by atoms with Crippen LogP contribution < -0.4 is 5.32 Å². The van der Waals surface area contributed by atoms with Gasteiger partial charge in [0.2, 0.25) is 0 Å². The summed E-state index contributed by atoms with van der Waals surface area (Å²) in [4.78, 5) is 2.00. The first-order valence-corrected chi connectivity index (χ1v) is 8.56. The Morgan fingerprint density at radius 2 is 1.86 bits per heavy atom. The summed E-state index contributed by atoms with van der Waals surface area (Å²) in [6.45, 7) is 2.79. The molecule has 0 radical (unpaired) electrons. The number of phenolic OH excluding ortho intramolecular Hbond substituents is 1. The predicted octanol–water partition coefficient (Wildman–Crippen LogP) is 4.21. The molecule has 22 heavy (non-hydrogen) atoms. The van der Waals surface area contributed by atoms with Gasteiger partial charge in [0.15, 0.2) is 0 Å². The Morgan fingerprint density at radius 3 is 2.45 bits per heavy atom. The minimum Gasteiger partial charge on any atom is -0.506 e. The van der Waals surface area contributed by atoms with E-state index in [1.165, 1.54) is 0 Å². The van der Waals surface area contributed by atoms with E-state index in [2.05, 4.69) is 37.2 Å². The summed E-state index contributed by atoms with van der Waals surface area (Å²) in [7, 11) is 0. The minimum atomic E-state index is -4.20. The van der Waals surface area contributed by atoms with E-state index >= 15 is 0 Å². The van der Waals surface area contributed by atoms with Gasteiger partial charge in [0.25, 0.3) is 0 Å². The molecule has 1 heterocycles. The lowest BCUT2D eigenvalue weighted by molar-refractivity contribution is -0.138. The number of phenols is 1. The molecule has 1 aromatic carbocycles. The number of benzene rings is 1. The van der Waals surface area contributed by atoms with Crippen LogP contribution in [0.15, 0.2) is 21.1 Å². The first-order valence-electron chi connectivity index (χ1n) is 6.97. The lowest BCUT2D eigenvalue weighted by Crippen LogP contribution is -2.45. The highest BCUT2D eigenvalue weighted by molar-refractivity contribution is 9.11. The molecular weight excluding hydrogens is 429 g/mol. The van der Waals surface area contributed by atoms with Gasteiger partial charge in [-0.05, 0) is 34.5 Å². The van der Waals surface area contributed by atoms with Crippen LogP contribution in [0.5, 0.6) is 5.75 Å². The Hall–Kier alpha value is -0.310. The smallest absolute Gasteiger partial charge is 0.389 e. The van der Waals surface area contributed by atoms with Crippen LogP contribution in [-0.4, -0.2) is 42.4 Å². The summed E-state index contributed by atoms with van der Waals surface area (Å²) < 4.78 is 39.1. The number of nitrogens with one attached hydrogen (secondary N) is 1. The van der Waals surface area contributed by atoms with Crippen molar-refractivity contribution < 1.29 is 18.3 Å². The molecule has 1 aromatic rings. The number of rotatable bonds is 4. The second-order valence-electron chi connectivity index (χ2n) is 5.28. The van der Waals surface area contributed by atoms with Crippen LogP contribution in [0.2, 0.25) is 0 Å². The number of piperazine rings is 1. The van der Waals surface area contributed by atoms with E-state index in [0.717, 1.165) is 17.6 Å². The van der Waals surface area contributed by atoms with Crippen LogP contribution in [0.4, 0.5) is 13.2 Å². The molecule has 1 atom stereocenters. The zero-order valence-corrected chi connectivity index (χ0v) is 14.9. The molecule has 0 bridgehead atoms. The van der Waals surface area contributed by atoms with Gasteiger partial charge in [0.1, 0.15) is 5.75 Å². The third kappa shape index (κ3) is 4.84. The number of hydrogen-bond acceptors (Lipinski definition) is 3. The lowest BCUT2D eigenvalue weighted by Gasteiger charge is -2.36. The predicted molar refractivity (Wildman–Crippen MR) is 86.0 cm³/mol. The molecule has 0 aliphatic carbocycles. The van der Waals surface area contributed by atoms with Crippen LogP contribution in [0.25, 0.3) is 0 Å². The van der Waals surface area contributed by atoms with Gasteiger partial charge in [-0.15, -0.1) is 0 Å². The van der Waals surface area contributed by atoms with Gasteiger partial charge in [0.05, 0.1) is 4.47 Å². The number of halogens is 5. The first-order chi connectivity index (χ1) is 10.3. The molecule has 0 aromatic heterocycles. The maximum Gasteiger partial charge on any atom is 0.389 e. The lowest BCUT2D eigenvalue weighted by atomic mass is 9.98. The summed E-state index contributed by atoms with van der Waals surface area (Å²) in [6, 6.07) is 2.91. The molecule has 2 rings (SSSR count). The van der Waals surface area contributed by atoms with Crippen molar-refractivity contribution in [2.24, 2.45) is 0 Å². The number of nitrogens with zero attached hydrogens (tertiary/aromatic N) is 1. The minimum absolute atomic E-state index is 0.00825.